The number of benzene rings is 2. The van der Waals surface area contributed by atoms with Gasteiger partial charge in [0.05, 0.1) is 6.10 Å². The quantitative estimate of drug-likeness (QED) is 0.691. The summed E-state index contributed by atoms with van der Waals surface area (Å²) in [7, 11) is 0. The predicted octanol–water partition coefficient (Wildman–Crippen LogP) is 5.25. The fraction of sp³-hybridized carbons (Fsp3) is 0.519. The molecule has 156 valence electrons. The average molecular weight is 402 g/mol. The Kier molecular flexibility index (Phi) is 4.15. The average Bonchev–Trinajstić information content (AvgIpc) is 3.02. The number of aliphatic hydroxyl groups excluding tert-OH is 1. The maximum Gasteiger partial charge on any atom is 0.128 e. The van der Waals surface area contributed by atoms with Gasteiger partial charge in [-0.05, 0) is 91.4 Å². The minimum absolute atomic E-state index is 0.160. The lowest BCUT2D eigenvalue weighted by molar-refractivity contribution is -0.00616. The molecule has 4 fully saturated rings. The van der Waals surface area contributed by atoms with Gasteiger partial charge < -0.3 is 10.2 Å². The van der Waals surface area contributed by atoms with Gasteiger partial charge in [-0.25, -0.2) is 0 Å². The van der Waals surface area contributed by atoms with Crippen LogP contribution in [0.3, 0.4) is 0 Å². The van der Waals surface area contributed by atoms with Crippen LogP contribution in [0.25, 0.3) is 0 Å². The lowest BCUT2D eigenvalue weighted by Crippen LogP contribution is -2.48. The smallest absolute Gasteiger partial charge is 0.128 e. The molecule has 0 aromatic heterocycles. The van der Waals surface area contributed by atoms with Crippen molar-refractivity contribution in [3.63, 3.8) is 0 Å². The molecule has 7 rings (SSSR count). The van der Waals surface area contributed by atoms with E-state index >= 15 is 0 Å². The highest BCUT2D eigenvalue weighted by Gasteiger charge is 2.52. The molecule has 5 aliphatic rings. The lowest BCUT2D eigenvalue weighted by Gasteiger charge is -2.57. The van der Waals surface area contributed by atoms with Crippen molar-refractivity contribution in [2.75, 3.05) is 0 Å². The van der Waals surface area contributed by atoms with Crippen molar-refractivity contribution in [2.24, 2.45) is 22.7 Å². The first kappa shape index (κ1) is 18.6. The van der Waals surface area contributed by atoms with Crippen LogP contribution in [0, 0.1) is 24.7 Å². The zero-order chi connectivity index (χ0) is 20.5. The number of aliphatic imine (C=N–C) groups is 1. The van der Waals surface area contributed by atoms with Gasteiger partial charge in [-0.15, -0.1) is 0 Å². The predicted molar refractivity (Wildman–Crippen MR) is 119 cm³/mol. The number of nitrogens with zero attached hydrogens (tertiary/aromatic N) is 1. The summed E-state index contributed by atoms with van der Waals surface area (Å²) in [5.74, 6) is 2.96. The van der Waals surface area contributed by atoms with E-state index in [0.29, 0.717) is 12.2 Å². The van der Waals surface area contributed by atoms with Crippen LogP contribution in [0.5, 0.6) is 5.75 Å². The first-order valence-corrected chi connectivity index (χ1v) is 11.6. The molecular formula is C27H31NO2. The maximum absolute atomic E-state index is 11.4. The van der Waals surface area contributed by atoms with Crippen molar-refractivity contribution in [3.05, 3.63) is 64.2 Å². The summed E-state index contributed by atoms with van der Waals surface area (Å²) in [5, 5.41) is 21.9. The molecule has 4 saturated carbocycles. The first-order valence-electron chi connectivity index (χ1n) is 11.6. The van der Waals surface area contributed by atoms with Gasteiger partial charge >= 0.3 is 0 Å². The van der Waals surface area contributed by atoms with E-state index < -0.39 is 6.10 Å². The molecule has 0 heterocycles. The third-order valence-electron chi connectivity index (χ3n) is 8.43. The van der Waals surface area contributed by atoms with Crippen molar-refractivity contribution < 1.29 is 10.2 Å². The minimum Gasteiger partial charge on any atom is -0.507 e. The molecule has 0 radical (unpaired) electrons. The SMILES string of the molecule is Cc1cc(C=N[C@H]2c3ccccc3C[C@H]2O)c(O)c(C23CC4CC(CC(C4)C2)C3)c1. The third kappa shape index (κ3) is 2.85. The highest BCUT2D eigenvalue weighted by Crippen LogP contribution is 2.62. The Morgan fingerprint density at radius 1 is 1.00 bits per heavy atom. The van der Waals surface area contributed by atoms with Crippen LogP contribution >= 0.6 is 0 Å². The monoisotopic (exact) mass is 401 g/mol. The molecule has 5 aliphatic carbocycles. The number of phenolic OH excluding ortho intramolecular Hbond substituents is 1. The summed E-state index contributed by atoms with van der Waals surface area (Å²) in [6.45, 7) is 2.13. The maximum atomic E-state index is 11.4. The van der Waals surface area contributed by atoms with Crippen LogP contribution < -0.4 is 0 Å². The molecule has 0 unspecified atom stereocenters. The number of fused-ring (bicyclic) bond motifs is 1. The molecule has 0 aliphatic heterocycles. The van der Waals surface area contributed by atoms with Gasteiger partial charge in [0.25, 0.3) is 0 Å². The number of rotatable bonds is 3. The van der Waals surface area contributed by atoms with E-state index in [2.05, 4.69) is 25.1 Å². The summed E-state index contributed by atoms with van der Waals surface area (Å²) >= 11 is 0. The van der Waals surface area contributed by atoms with E-state index in [-0.39, 0.29) is 11.5 Å². The molecule has 3 heteroatoms. The van der Waals surface area contributed by atoms with E-state index in [1.165, 1.54) is 49.7 Å². The number of hydrogen-bond acceptors (Lipinski definition) is 3. The summed E-state index contributed by atoms with van der Waals surface area (Å²) in [6.07, 6.45) is 9.88. The van der Waals surface area contributed by atoms with Crippen LogP contribution in [-0.2, 0) is 11.8 Å². The van der Waals surface area contributed by atoms with Gasteiger partial charge in [-0.3, -0.25) is 4.99 Å². The zero-order valence-electron chi connectivity index (χ0n) is 17.7. The van der Waals surface area contributed by atoms with Gasteiger partial charge in [-0.2, -0.15) is 0 Å². The van der Waals surface area contributed by atoms with E-state index in [0.717, 1.165) is 34.4 Å². The third-order valence-corrected chi connectivity index (χ3v) is 8.43. The molecule has 0 amide bonds. The molecular weight excluding hydrogens is 370 g/mol. The van der Waals surface area contributed by atoms with Crippen LogP contribution in [0.15, 0.2) is 41.4 Å². The van der Waals surface area contributed by atoms with Crippen molar-refractivity contribution in [3.8, 4) is 5.75 Å². The van der Waals surface area contributed by atoms with Gasteiger partial charge in [0.2, 0.25) is 0 Å². The Balaban J connectivity index is 1.36. The van der Waals surface area contributed by atoms with Crippen molar-refractivity contribution in [1.29, 1.82) is 0 Å². The summed E-state index contributed by atoms with van der Waals surface area (Å²) in [5.41, 5.74) is 5.59. The van der Waals surface area contributed by atoms with Crippen LogP contribution in [0.1, 0.15) is 72.4 Å². The zero-order valence-corrected chi connectivity index (χ0v) is 17.7. The van der Waals surface area contributed by atoms with E-state index in [9.17, 15) is 10.2 Å². The molecule has 0 spiro atoms. The molecule has 2 N–H and O–H groups in total. The molecule has 4 bridgehead atoms. The number of phenols is 1. The second kappa shape index (κ2) is 6.68. The number of aryl methyl sites for hydroxylation is 1. The molecule has 30 heavy (non-hydrogen) atoms. The Morgan fingerprint density at radius 2 is 1.67 bits per heavy atom. The molecule has 2 atom stereocenters. The van der Waals surface area contributed by atoms with Crippen LogP contribution in [0.4, 0.5) is 0 Å². The molecule has 2 aromatic rings. The summed E-state index contributed by atoms with van der Waals surface area (Å²) in [6, 6.07) is 12.2. The minimum atomic E-state index is -0.492. The van der Waals surface area contributed by atoms with E-state index in [4.69, 9.17) is 4.99 Å². The van der Waals surface area contributed by atoms with Crippen molar-refractivity contribution in [1.82, 2.24) is 0 Å². The van der Waals surface area contributed by atoms with Crippen molar-refractivity contribution >= 4 is 6.21 Å². The van der Waals surface area contributed by atoms with E-state index in [1.807, 2.05) is 24.4 Å². The first-order chi connectivity index (χ1) is 14.5. The fourth-order valence-electron chi connectivity index (χ4n) is 7.64. The summed E-state index contributed by atoms with van der Waals surface area (Å²) in [4.78, 5) is 4.77. The second-order valence-electron chi connectivity index (χ2n) is 10.6. The molecule has 0 saturated heterocycles. The highest BCUT2D eigenvalue weighted by molar-refractivity contribution is 5.85. The Hall–Kier alpha value is -2.13. The number of hydrogen-bond donors (Lipinski definition) is 2. The highest BCUT2D eigenvalue weighted by atomic mass is 16.3. The Morgan fingerprint density at radius 3 is 2.37 bits per heavy atom. The Labute approximate surface area is 178 Å². The normalized spacial score (nSPS) is 36.5. The van der Waals surface area contributed by atoms with Gasteiger partial charge in [0.15, 0.2) is 0 Å². The molecule has 3 nitrogen and oxygen atoms in total. The van der Waals surface area contributed by atoms with Gasteiger partial charge in [0.1, 0.15) is 11.8 Å². The van der Waals surface area contributed by atoms with Crippen LogP contribution in [0.2, 0.25) is 0 Å². The second-order valence-corrected chi connectivity index (χ2v) is 10.6. The van der Waals surface area contributed by atoms with Gasteiger partial charge in [0, 0.05) is 23.8 Å². The number of aliphatic hydroxyl groups is 1. The molecule has 2 aromatic carbocycles. The topological polar surface area (TPSA) is 52.8 Å². The van der Waals surface area contributed by atoms with Gasteiger partial charge in [-0.1, -0.05) is 30.3 Å². The largest absolute Gasteiger partial charge is 0.507 e. The Bertz CT molecular complexity index is 988. The lowest BCUT2D eigenvalue weighted by atomic mass is 9.48. The standard InChI is InChI=1S/C27H31NO2/c1-16-6-21(15-28-25-22-5-3-2-4-20(22)11-24(25)29)26(30)23(7-16)27-12-17-8-18(13-27)10-19(9-17)14-27/h2-7,15,17-19,24-25,29-30H,8-14H2,1H3/t17?,18?,19?,24-,25+,27?/m1/s1. The van der Waals surface area contributed by atoms with Crippen LogP contribution in [-0.4, -0.2) is 22.5 Å². The van der Waals surface area contributed by atoms with E-state index in [1.54, 1.807) is 0 Å². The fourth-order valence-corrected chi connectivity index (χ4v) is 7.64. The van der Waals surface area contributed by atoms with Crippen molar-refractivity contribution in [2.45, 2.75) is 69.4 Å². The number of aromatic hydroxyl groups is 1. The summed E-state index contributed by atoms with van der Waals surface area (Å²) < 4.78 is 0.